The number of nitrogens with zero attached hydrogens (tertiary/aromatic N) is 4. The Bertz CT molecular complexity index is 1430. The number of carbonyl (C=O) groups excluding carboxylic acids is 2. The van der Waals surface area contributed by atoms with Crippen LogP contribution < -0.4 is 20.7 Å². The van der Waals surface area contributed by atoms with Gasteiger partial charge >= 0.3 is 6.09 Å². The van der Waals surface area contributed by atoms with Crippen LogP contribution in [0.25, 0.3) is 5.57 Å². The van der Waals surface area contributed by atoms with Gasteiger partial charge in [0.15, 0.2) is 0 Å². The third-order valence-corrected chi connectivity index (χ3v) is 10.00. The third-order valence-electron chi connectivity index (χ3n) is 10.00. The zero-order chi connectivity index (χ0) is 35.9. The van der Waals surface area contributed by atoms with Crippen molar-refractivity contribution in [1.82, 2.24) is 15.3 Å². The summed E-state index contributed by atoms with van der Waals surface area (Å²) in [5, 5.41) is 2.73. The molecule has 1 saturated heterocycles. The molecule has 1 aliphatic heterocycles. The molecule has 2 aliphatic carbocycles. The molecule has 3 aliphatic rings. The summed E-state index contributed by atoms with van der Waals surface area (Å²) in [6.45, 7) is 8.29. The molecule has 0 spiro atoms. The molecule has 5 rings (SSSR count). The average molecular weight is 693 g/mol. The van der Waals surface area contributed by atoms with Crippen LogP contribution in [-0.2, 0) is 14.3 Å². The van der Waals surface area contributed by atoms with Crippen LogP contribution in [0.2, 0.25) is 0 Å². The van der Waals surface area contributed by atoms with Crippen LogP contribution >= 0.6 is 0 Å². The average Bonchev–Trinajstić information content (AvgIpc) is 3.15. The lowest BCUT2D eigenvalue weighted by Crippen LogP contribution is -2.41. The van der Waals surface area contributed by atoms with Crippen molar-refractivity contribution in [3.8, 4) is 5.88 Å². The number of pyridine rings is 2. The van der Waals surface area contributed by atoms with Crippen molar-refractivity contribution < 1.29 is 25.2 Å². The van der Waals surface area contributed by atoms with Crippen molar-refractivity contribution in [2.24, 2.45) is 22.6 Å². The normalized spacial score (nSPS) is 20.6. The maximum Gasteiger partial charge on any atom is 0.407 e. The van der Waals surface area contributed by atoms with E-state index in [1.165, 1.54) is 19.1 Å². The van der Waals surface area contributed by atoms with E-state index in [0.29, 0.717) is 24.3 Å². The zero-order valence-electron chi connectivity index (χ0n) is 30.7. The monoisotopic (exact) mass is 692 g/mol. The van der Waals surface area contributed by atoms with Gasteiger partial charge in [-0.1, -0.05) is 19.3 Å². The number of carbonyl (C=O) groups is 2. The quantitative estimate of drug-likeness (QED) is 0.249. The van der Waals surface area contributed by atoms with E-state index < -0.39 is 0 Å². The summed E-state index contributed by atoms with van der Waals surface area (Å²) in [5.74, 6) is 2.67. The Morgan fingerprint density at radius 3 is 2.40 bits per heavy atom. The van der Waals surface area contributed by atoms with Crippen LogP contribution in [-0.4, -0.2) is 74.2 Å². The number of aliphatic imine (C=N–C) groups is 1. The predicted octanol–water partition coefficient (Wildman–Crippen LogP) is 7.23. The standard InChI is InChI=1S/C32H45N5O2.C7H13NO3.H2/c1-22(2)35-20-29(18-33)27-14-15-34-30(17-27)37(32(38)26-8-6-5-7-9-26)21-24-10-12-25(13-11-24)28-16-23(3)31(39-4)36-19-28;1-10-7(9)8-6-2-4-11-5-3-6;/h14-20,22,24-26H,5-13,21,33H2,1-4H3;6H,2-5H2,1H3,(H,8,9);1H/b29-18+,35-20?;;. The lowest BCUT2D eigenvalue weighted by Gasteiger charge is -2.35. The van der Waals surface area contributed by atoms with Crippen molar-refractivity contribution >= 4 is 29.6 Å². The van der Waals surface area contributed by atoms with Crippen molar-refractivity contribution in [2.45, 2.75) is 109 Å². The maximum absolute atomic E-state index is 13.9. The number of rotatable bonds is 10. The molecule has 2 aromatic heterocycles. The second kappa shape index (κ2) is 20.0. The second-order valence-electron chi connectivity index (χ2n) is 14.0. The third kappa shape index (κ3) is 11.5. The Kier molecular flexibility index (Phi) is 15.5. The Balaban J connectivity index is 0.000000500. The summed E-state index contributed by atoms with van der Waals surface area (Å²) >= 11 is 0. The highest BCUT2D eigenvalue weighted by Gasteiger charge is 2.31. The lowest BCUT2D eigenvalue weighted by molar-refractivity contribution is -0.123. The predicted molar refractivity (Wildman–Crippen MR) is 201 cm³/mol. The topological polar surface area (TPSA) is 141 Å². The molecule has 0 unspecified atom stereocenters. The van der Waals surface area contributed by atoms with Crippen LogP contribution in [0, 0.1) is 18.8 Å². The number of nitrogens with one attached hydrogen (secondary N) is 1. The molecule has 0 bridgehead atoms. The van der Waals surface area contributed by atoms with Gasteiger partial charge in [0.1, 0.15) is 5.82 Å². The minimum atomic E-state index is -0.350. The van der Waals surface area contributed by atoms with E-state index in [0.717, 1.165) is 99.9 Å². The number of aromatic nitrogens is 2. The summed E-state index contributed by atoms with van der Waals surface area (Å²) in [4.78, 5) is 40.3. The molecular weight excluding hydrogens is 632 g/mol. The highest BCUT2D eigenvalue weighted by molar-refractivity contribution is 6.10. The number of methoxy groups -OCH3 is 2. The fourth-order valence-electron chi connectivity index (χ4n) is 7.08. The number of allylic oxidation sites excluding steroid dienone is 1. The van der Waals surface area contributed by atoms with Gasteiger partial charge in [0.25, 0.3) is 0 Å². The van der Waals surface area contributed by atoms with Crippen LogP contribution in [0.1, 0.15) is 109 Å². The van der Waals surface area contributed by atoms with E-state index in [1.807, 2.05) is 43.3 Å². The molecule has 2 aromatic rings. The largest absolute Gasteiger partial charge is 0.481 e. The molecular formula is C39H60N6O5. The van der Waals surface area contributed by atoms with E-state index in [4.69, 9.17) is 20.2 Å². The van der Waals surface area contributed by atoms with E-state index in [-0.39, 0.29) is 31.4 Å². The van der Waals surface area contributed by atoms with Crippen molar-refractivity contribution in [2.75, 3.05) is 38.9 Å². The SMILES string of the molecule is COC(=O)NC1CCOCC1.COc1ncc(C2CCC(CN(C(=O)C3CCCCC3)c3cc(/C(C=NC(C)C)=C/N)ccn3)CC2)cc1C.[HH]. The molecule has 50 heavy (non-hydrogen) atoms. The van der Waals surface area contributed by atoms with Gasteiger partial charge in [0.05, 0.1) is 14.2 Å². The van der Waals surface area contributed by atoms with Crippen molar-refractivity contribution in [3.63, 3.8) is 0 Å². The number of hydrogen-bond acceptors (Lipinski definition) is 9. The molecule has 0 aromatic carbocycles. The fraction of sp³-hybridized carbons (Fsp3) is 0.615. The molecule has 3 N–H and O–H groups in total. The van der Waals surface area contributed by atoms with Crippen LogP contribution in [0.4, 0.5) is 10.6 Å². The first kappa shape index (κ1) is 38.8. The zero-order valence-corrected chi connectivity index (χ0v) is 30.7. The number of ether oxygens (including phenoxy) is 3. The highest BCUT2D eigenvalue weighted by atomic mass is 16.5. The van der Waals surface area contributed by atoms with E-state index >= 15 is 0 Å². The van der Waals surface area contributed by atoms with Gasteiger partial charge in [0.2, 0.25) is 11.8 Å². The minimum Gasteiger partial charge on any atom is -0.481 e. The molecule has 0 radical (unpaired) electrons. The number of alkyl carbamates (subject to hydrolysis) is 1. The number of anilines is 1. The Morgan fingerprint density at radius 2 is 1.78 bits per heavy atom. The fourth-order valence-corrected chi connectivity index (χ4v) is 7.08. The molecule has 2 amide bonds. The lowest BCUT2D eigenvalue weighted by atomic mass is 9.78. The van der Waals surface area contributed by atoms with Crippen molar-refractivity contribution in [3.05, 3.63) is 53.5 Å². The molecule has 3 heterocycles. The minimum absolute atomic E-state index is 0. The molecule has 11 heteroatoms. The van der Waals surface area contributed by atoms with Gasteiger partial charge < -0.3 is 25.3 Å². The first-order chi connectivity index (χ1) is 24.2. The first-order valence-electron chi connectivity index (χ1n) is 18.4. The van der Waals surface area contributed by atoms with Gasteiger partial charge in [-0.05, 0) is 113 Å². The molecule has 2 saturated carbocycles. The summed E-state index contributed by atoms with van der Waals surface area (Å²) in [6, 6.07) is 6.57. The molecule has 276 valence electrons. The van der Waals surface area contributed by atoms with Crippen LogP contribution in [0.5, 0.6) is 5.88 Å². The molecule has 3 fully saturated rings. The number of nitrogens with two attached hydrogens (primary N) is 1. The Labute approximate surface area is 300 Å². The summed E-state index contributed by atoms with van der Waals surface area (Å²) in [6.07, 6.45) is 18.4. The summed E-state index contributed by atoms with van der Waals surface area (Å²) < 4.78 is 14.9. The Morgan fingerprint density at radius 1 is 1.06 bits per heavy atom. The number of amides is 2. The van der Waals surface area contributed by atoms with E-state index in [2.05, 4.69) is 33.0 Å². The van der Waals surface area contributed by atoms with Gasteiger partial charge in [-0.2, -0.15) is 0 Å². The maximum atomic E-state index is 13.9. The van der Waals surface area contributed by atoms with Crippen LogP contribution in [0.3, 0.4) is 0 Å². The van der Waals surface area contributed by atoms with Gasteiger partial charge in [-0.25, -0.2) is 14.8 Å². The first-order valence-corrected chi connectivity index (χ1v) is 18.4. The summed E-state index contributed by atoms with van der Waals surface area (Å²) in [5.41, 5.74) is 10.1. The number of aryl methyl sites for hydroxylation is 1. The highest BCUT2D eigenvalue weighted by Crippen LogP contribution is 2.38. The van der Waals surface area contributed by atoms with E-state index in [9.17, 15) is 9.59 Å². The van der Waals surface area contributed by atoms with E-state index in [1.54, 1.807) is 19.5 Å². The molecule has 11 nitrogen and oxygen atoms in total. The second-order valence-corrected chi connectivity index (χ2v) is 14.0. The Hall–Kier alpha value is -3.99. The van der Waals surface area contributed by atoms with Gasteiger partial charge in [-0.3, -0.25) is 14.7 Å². The van der Waals surface area contributed by atoms with Gasteiger partial charge in [0, 0.05) is 75.1 Å². The van der Waals surface area contributed by atoms with Crippen molar-refractivity contribution in [1.29, 1.82) is 0 Å². The smallest absolute Gasteiger partial charge is 0.407 e. The number of hydrogen-bond donors (Lipinski definition) is 2. The van der Waals surface area contributed by atoms with Crippen LogP contribution in [0.15, 0.2) is 41.8 Å². The molecule has 0 atom stereocenters. The van der Waals surface area contributed by atoms with Gasteiger partial charge in [-0.15, -0.1) is 0 Å². The summed E-state index contributed by atoms with van der Waals surface area (Å²) in [7, 11) is 3.03.